The Kier molecular flexibility index (Phi) is 5.55. The molecule has 156 valence electrons. The topological polar surface area (TPSA) is 81.9 Å². The first-order valence-corrected chi connectivity index (χ1v) is 9.97. The van der Waals surface area contributed by atoms with Gasteiger partial charge in [-0.25, -0.2) is 9.78 Å². The molecular weight excluding hydrogens is 384 g/mol. The van der Waals surface area contributed by atoms with E-state index in [9.17, 15) is 9.59 Å². The summed E-state index contributed by atoms with van der Waals surface area (Å²) in [5.74, 6) is 0.523. The van der Waals surface area contributed by atoms with E-state index in [-0.39, 0.29) is 24.7 Å². The van der Waals surface area contributed by atoms with Gasteiger partial charge in [-0.1, -0.05) is 18.2 Å². The summed E-state index contributed by atoms with van der Waals surface area (Å²) in [5, 5.41) is 0.663. The SMILES string of the molecule is Cc1ccc(-c2cc(C(=O)OCC(=O)N3CC(C)OC(C)C3)c3ccccc3n2)o1. The molecule has 4 rings (SSSR count). The molecule has 0 saturated carbocycles. The molecular formula is C23H24N2O5. The van der Waals surface area contributed by atoms with Crippen LogP contribution in [0.5, 0.6) is 0 Å². The Hall–Kier alpha value is -3.19. The minimum Gasteiger partial charge on any atom is -0.460 e. The van der Waals surface area contributed by atoms with Crippen LogP contribution in [-0.2, 0) is 14.3 Å². The number of pyridine rings is 1. The molecule has 0 spiro atoms. The molecule has 2 unspecified atom stereocenters. The van der Waals surface area contributed by atoms with Gasteiger partial charge in [0.05, 0.1) is 23.3 Å². The molecule has 1 aromatic carbocycles. The van der Waals surface area contributed by atoms with Crippen LogP contribution in [0.2, 0.25) is 0 Å². The molecule has 1 aliphatic rings. The van der Waals surface area contributed by atoms with Crippen molar-refractivity contribution in [1.29, 1.82) is 0 Å². The predicted molar refractivity (Wildman–Crippen MR) is 111 cm³/mol. The van der Waals surface area contributed by atoms with Gasteiger partial charge in [0.1, 0.15) is 11.5 Å². The second-order valence-corrected chi connectivity index (χ2v) is 7.61. The second kappa shape index (κ2) is 8.28. The third-order valence-corrected chi connectivity index (χ3v) is 5.03. The van der Waals surface area contributed by atoms with E-state index in [0.29, 0.717) is 41.0 Å². The largest absolute Gasteiger partial charge is 0.460 e. The average Bonchev–Trinajstić information content (AvgIpc) is 3.16. The number of hydrogen-bond donors (Lipinski definition) is 0. The molecule has 2 atom stereocenters. The summed E-state index contributed by atoms with van der Waals surface area (Å²) >= 11 is 0. The summed E-state index contributed by atoms with van der Waals surface area (Å²) in [7, 11) is 0. The molecule has 2 aromatic heterocycles. The molecule has 1 aliphatic heterocycles. The van der Waals surface area contributed by atoms with Crippen LogP contribution in [-0.4, -0.2) is 53.7 Å². The molecule has 1 fully saturated rings. The Labute approximate surface area is 174 Å². The lowest BCUT2D eigenvalue weighted by atomic mass is 10.1. The number of hydrogen-bond acceptors (Lipinski definition) is 6. The highest BCUT2D eigenvalue weighted by Crippen LogP contribution is 2.26. The molecule has 0 N–H and O–H groups in total. The minimum atomic E-state index is -0.569. The third kappa shape index (κ3) is 4.21. The van der Waals surface area contributed by atoms with Crippen LogP contribution in [0.25, 0.3) is 22.4 Å². The lowest BCUT2D eigenvalue weighted by Crippen LogP contribution is -2.49. The number of aryl methyl sites for hydroxylation is 1. The van der Waals surface area contributed by atoms with Gasteiger partial charge < -0.3 is 18.8 Å². The number of carbonyl (C=O) groups is 2. The smallest absolute Gasteiger partial charge is 0.339 e. The predicted octanol–water partition coefficient (Wildman–Crippen LogP) is 3.60. The monoisotopic (exact) mass is 408 g/mol. The van der Waals surface area contributed by atoms with Gasteiger partial charge in [-0.3, -0.25) is 4.79 Å². The quantitative estimate of drug-likeness (QED) is 0.614. The van der Waals surface area contributed by atoms with Crippen molar-refractivity contribution in [3.63, 3.8) is 0 Å². The van der Waals surface area contributed by atoms with Crippen LogP contribution in [0.4, 0.5) is 0 Å². The number of furan rings is 1. The van der Waals surface area contributed by atoms with Crippen LogP contribution < -0.4 is 0 Å². The minimum absolute atomic E-state index is 0.0446. The summed E-state index contributed by atoms with van der Waals surface area (Å²) in [6.45, 7) is 6.34. The fourth-order valence-corrected chi connectivity index (χ4v) is 3.72. The van der Waals surface area contributed by atoms with Crippen LogP contribution in [0.3, 0.4) is 0 Å². The van der Waals surface area contributed by atoms with Gasteiger partial charge in [-0.15, -0.1) is 0 Å². The van der Waals surface area contributed by atoms with E-state index in [1.165, 1.54) is 0 Å². The highest BCUT2D eigenvalue weighted by atomic mass is 16.5. The van der Waals surface area contributed by atoms with E-state index in [0.717, 1.165) is 5.76 Å². The number of benzene rings is 1. The van der Waals surface area contributed by atoms with Crippen molar-refractivity contribution < 1.29 is 23.5 Å². The van der Waals surface area contributed by atoms with Crippen molar-refractivity contribution in [1.82, 2.24) is 9.88 Å². The Bertz CT molecular complexity index is 1080. The Morgan fingerprint density at radius 3 is 2.57 bits per heavy atom. The molecule has 0 bridgehead atoms. The maximum absolute atomic E-state index is 12.9. The molecule has 30 heavy (non-hydrogen) atoms. The lowest BCUT2D eigenvalue weighted by Gasteiger charge is -2.35. The summed E-state index contributed by atoms with van der Waals surface area (Å²) in [6.07, 6.45) is -0.0892. The maximum Gasteiger partial charge on any atom is 0.339 e. The fraction of sp³-hybridized carbons (Fsp3) is 0.348. The second-order valence-electron chi connectivity index (χ2n) is 7.61. The van der Waals surface area contributed by atoms with Crippen molar-refractivity contribution in [3.8, 4) is 11.5 Å². The number of amides is 1. The zero-order valence-corrected chi connectivity index (χ0v) is 17.3. The van der Waals surface area contributed by atoms with E-state index in [4.69, 9.17) is 13.9 Å². The first-order valence-electron chi connectivity index (χ1n) is 9.97. The number of aromatic nitrogens is 1. The zero-order valence-electron chi connectivity index (χ0n) is 17.3. The van der Waals surface area contributed by atoms with Gasteiger partial charge in [0.15, 0.2) is 12.4 Å². The number of fused-ring (bicyclic) bond motifs is 1. The summed E-state index contributed by atoms with van der Waals surface area (Å²) in [4.78, 5) is 31.7. The number of morpholine rings is 1. The van der Waals surface area contributed by atoms with Crippen LogP contribution >= 0.6 is 0 Å². The highest BCUT2D eigenvalue weighted by Gasteiger charge is 2.27. The average molecular weight is 408 g/mol. The first kappa shape index (κ1) is 20.1. The van der Waals surface area contributed by atoms with Crippen molar-refractivity contribution in [3.05, 3.63) is 53.8 Å². The highest BCUT2D eigenvalue weighted by molar-refractivity contribution is 6.05. The zero-order chi connectivity index (χ0) is 21.3. The number of para-hydroxylation sites is 1. The molecule has 3 aromatic rings. The number of rotatable bonds is 4. The first-order chi connectivity index (χ1) is 14.4. The van der Waals surface area contributed by atoms with Crippen molar-refractivity contribution in [2.24, 2.45) is 0 Å². The van der Waals surface area contributed by atoms with Gasteiger partial charge in [0.25, 0.3) is 5.91 Å². The fourth-order valence-electron chi connectivity index (χ4n) is 3.72. The summed E-state index contributed by atoms with van der Waals surface area (Å²) in [6, 6.07) is 12.6. The Morgan fingerprint density at radius 1 is 1.13 bits per heavy atom. The van der Waals surface area contributed by atoms with E-state index in [1.807, 2.05) is 57.2 Å². The van der Waals surface area contributed by atoms with Gasteiger partial charge in [-0.2, -0.15) is 0 Å². The van der Waals surface area contributed by atoms with Crippen molar-refractivity contribution >= 4 is 22.8 Å². The van der Waals surface area contributed by atoms with Crippen LogP contribution in [0.1, 0.15) is 30.0 Å². The van der Waals surface area contributed by atoms with E-state index in [1.54, 1.807) is 11.0 Å². The normalized spacial score (nSPS) is 19.1. The van der Waals surface area contributed by atoms with Crippen molar-refractivity contribution in [2.45, 2.75) is 33.0 Å². The maximum atomic E-state index is 12.9. The van der Waals surface area contributed by atoms with Gasteiger partial charge in [-0.05, 0) is 45.0 Å². The molecule has 1 amide bonds. The molecule has 7 nitrogen and oxygen atoms in total. The van der Waals surface area contributed by atoms with Gasteiger partial charge in [0, 0.05) is 18.5 Å². The number of carbonyl (C=O) groups excluding carboxylic acids is 2. The Balaban J connectivity index is 1.56. The summed E-state index contributed by atoms with van der Waals surface area (Å²) in [5.41, 5.74) is 1.54. The Morgan fingerprint density at radius 2 is 1.87 bits per heavy atom. The van der Waals surface area contributed by atoms with Crippen molar-refractivity contribution in [2.75, 3.05) is 19.7 Å². The van der Waals surface area contributed by atoms with Gasteiger partial charge >= 0.3 is 5.97 Å². The summed E-state index contributed by atoms with van der Waals surface area (Å²) < 4.78 is 16.7. The van der Waals surface area contributed by atoms with Crippen LogP contribution in [0.15, 0.2) is 46.9 Å². The van der Waals surface area contributed by atoms with Gasteiger partial charge in [0.2, 0.25) is 0 Å². The molecule has 7 heteroatoms. The van der Waals surface area contributed by atoms with E-state index in [2.05, 4.69) is 4.98 Å². The number of ether oxygens (including phenoxy) is 2. The third-order valence-electron chi connectivity index (χ3n) is 5.03. The van der Waals surface area contributed by atoms with E-state index < -0.39 is 5.97 Å². The standard InChI is InChI=1S/C23H24N2O5/c1-14-8-9-21(30-14)20-10-18(17-6-4-5-7-19(17)24-20)23(27)28-13-22(26)25-11-15(2)29-16(3)12-25/h4-10,15-16H,11-13H2,1-3H3. The molecule has 0 radical (unpaired) electrons. The number of nitrogens with zero attached hydrogens (tertiary/aromatic N) is 2. The molecule has 0 aliphatic carbocycles. The molecule has 1 saturated heterocycles. The molecule has 3 heterocycles. The van der Waals surface area contributed by atoms with E-state index >= 15 is 0 Å². The lowest BCUT2D eigenvalue weighted by molar-refractivity contribution is -0.146. The van der Waals surface area contributed by atoms with Crippen LogP contribution in [0, 0.1) is 6.92 Å². The number of esters is 1.